The van der Waals surface area contributed by atoms with Crippen molar-refractivity contribution in [3.63, 3.8) is 0 Å². The van der Waals surface area contributed by atoms with E-state index in [4.69, 9.17) is 0 Å². The number of rotatable bonds is 5. The molecule has 0 aliphatic carbocycles. The van der Waals surface area contributed by atoms with Crippen molar-refractivity contribution < 1.29 is 9.59 Å². The number of carbonyl (C=O) groups excluding carboxylic acids is 2. The Labute approximate surface area is 204 Å². The summed E-state index contributed by atoms with van der Waals surface area (Å²) in [6.07, 6.45) is 7.65. The first kappa shape index (κ1) is 22.8. The number of amides is 2. The number of hydrogen-bond acceptors (Lipinski definition) is 4. The summed E-state index contributed by atoms with van der Waals surface area (Å²) in [5, 5.41) is 8.18. The van der Waals surface area contributed by atoms with E-state index in [1.165, 1.54) is 10.9 Å². The van der Waals surface area contributed by atoms with E-state index in [-0.39, 0.29) is 11.8 Å². The average molecular weight is 468 g/mol. The normalized spacial score (nSPS) is 16.1. The lowest BCUT2D eigenvalue weighted by molar-refractivity contribution is 0.0761. The predicted molar refractivity (Wildman–Crippen MR) is 136 cm³/mol. The van der Waals surface area contributed by atoms with Crippen LogP contribution < -0.4 is 5.32 Å². The summed E-state index contributed by atoms with van der Waals surface area (Å²) in [5.74, 6) is 0.135. The van der Waals surface area contributed by atoms with Gasteiger partial charge in [-0.1, -0.05) is 30.3 Å². The Bertz CT molecular complexity index is 1360. The van der Waals surface area contributed by atoms with Gasteiger partial charge in [-0.2, -0.15) is 5.10 Å². The number of anilines is 1. The summed E-state index contributed by atoms with van der Waals surface area (Å²) in [4.78, 5) is 32.6. The molecule has 1 atom stereocenters. The molecule has 0 bridgehead atoms. The molecular weight excluding hydrogens is 438 g/mol. The fourth-order valence-corrected chi connectivity index (χ4v) is 4.81. The molecule has 0 saturated carbocycles. The summed E-state index contributed by atoms with van der Waals surface area (Å²) >= 11 is 0. The number of aryl methyl sites for hydroxylation is 1. The minimum atomic E-state index is -0.328. The van der Waals surface area contributed by atoms with Crippen molar-refractivity contribution in [2.75, 3.05) is 18.4 Å². The summed E-state index contributed by atoms with van der Waals surface area (Å²) in [7, 11) is 1.76. The molecule has 1 aliphatic heterocycles. The third-order valence-corrected chi connectivity index (χ3v) is 6.66. The number of likely N-dealkylation sites (tertiary alicyclic amines) is 1. The first-order valence-electron chi connectivity index (χ1n) is 12.1. The fraction of sp³-hybridized carbons (Fsp3) is 0.286. The van der Waals surface area contributed by atoms with E-state index in [9.17, 15) is 9.59 Å². The van der Waals surface area contributed by atoms with Crippen molar-refractivity contribution in [3.05, 3.63) is 89.9 Å². The summed E-state index contributed by atoms with van der Waals surface area (Å²) < 4.78 is 1.58. The number of para-hydroxylation sites is 2. The smallest absolute Gasteiger partial charge is 0.276 e. The molecule has 7 heteroatoms. The molecule has 1 saturated heterocycles. The second-order valence-corrected chi connectivity index (χ2v) is 9.20. The van der Waals surface area contributed by atoms with E-state index in [0.717, 1.165) is 31.2 Å². The summed E-state index contributed by atoms with van der Waals surface area (Å²) in [5.41, 5.74) is 3.60. The molecule has 1 aliphatic rings. The standard InChI is InChI=1S/C28H29N5O2/c1-32-15-13-26(31-32)27(34)30-25-11-5-3-9-23(25)28(35)33-14-6-7-20(12-16-33)17-21-18-22-8-2-4-10-24(22)29-19-21/h2-5,8-11,13,15,18-20H,6-7,12,14,16-17H2,1H3,(H,30,34). The van der Waals surface area contributed by atoms with Crippen LogP contribution >= 0.6 is 0 Å². The molecule has 3 heterocycles. The van der Waals surface area contributed by atoms with Crippen molar-refractivity contribution in [3.8, 4) is 0 Å². The molecule has 2 aromatic heterocycles. The highest BCUT2D eigenvalue weighted by Gasteiger charge is 2.24. The SMILES string of the molecule is Cn1ccc(C(=O)Nc2ccccc2C(=O)N2CCCC(Cc3cnc4ccccc4c3)CC2)n1. The minimum absolute atomic E-state index is 0.0463. The number of nitrogens with zero attached hydrogens (tertiary/aromatic N) is 4. The Balaban J connectivity index is 1.25. The largest absolute Gasteiger partial charge is 0.339 e. The molecule has 0 spiro atoms. The van der Waals surface area contributed by atoms with E-state index in [1.807, 2.05) is 41.4 Å². The average Bonchev–Trinajstić information content (AvgIpc) is 3.18. The van der Waals surface area contributed by atoms with Crippen LogP contribution in [0.25, 0.3) is 10.9 Å². The van der Waals surface area contributed by atoms with Gasteiger partial charge in [0, 0.05) is 37.9 Å². The summed E-state index contributed by atoms with van der Waals surface area (Å²) in [6, 6.07) is 19.3. The monoisotopic (exact) mass is 467 g/mol. The quantitative estimate of drug-likeness (QED) is 0.461. The fourth-order valence-electron chi connectivity index (χ4n) is 4.81. The Kier molecular flexibility index (Phi) is 6.57. The van der Waals surface area contributed by atoms with Gasteiger partial charge in [-0.05, 0) is 67.5 Å². The van der Waals surface area contributed by atoms with Gasteiger partial charge in [-0.25, -0.2) is 0 Å². The molecule has 1 unspecified atom stereocenters. The van der Waals surface area contributed by atoms with E-state index in [2.05, 4.69) is 27.5 Å². The Morgan fingerprint density at radius 2 is 1.86 bits per heavy atom. The van der Waals surface area contributed by atoms with Gasteiger partial charge in [0.15, 0.2) is 5.69 Å². The van der Waals surface area contributed by atoms with Crippen LogP contribution in [-0.2, 0) is 13.5 Å². The third kappa shape index (κ3) is 5.24. The van der Waals surface area contributed by atoms with Gasteiger partial charge in [-0.15, -0.1) is 0 Å². The Morgan fingerprint density at radius 3 is 2.71 bits per heavy atom. The third-order valence-electron chi connectivity index (χ3n) is 6.66. The Morgan fingerprint density at radius 1 is 1.03 bits per heavy atom. The molecule has 7 nitrogen and oxygen atoms in total. The van der Waals surface area contributed by atoms with Crippen molar-refractivity contribution in [1.82, 2.24) is 19.7 Å². The molecule has 1 fully saturated rings. The van der Waals surface area contributed by atoms with Crippen LogP contribution in [0.15, 0.2) is 73.1 Å². The molecule has 5 rings (SSSR count). The van der Waals surface area contributed by atoms with Gasteiger partial charge >= 0.3 is 0 Å². The first-order valence-corrected chi connectivity index (χ1v) is 12.1. The van der Waals surface area contributed by atoms with E-state index in [1.54, 1.807) is 36.1 Å². The second-order valence-electron chi connectivity index (χ2n) is 9.20. The first-order chi connectivity index (χ1) is 17.1. The maximum atomic E-state index is 13.5. The van der Waals surface area contributed by atoms with Crippen molar-refractivity contribution in [1.29, 1.82) is 0 Å². The molecule has 178 valence electrons. The molecule has 4 aromatic rings. The number of aromatic nitrogens is 3. The van der Waals surface area contributed by atoms with Crippen LogP contribution in [0.1, 0.15) is 45.7 Å². The van der Waals surface area contributed by atoms with Gasteiger partial charge in [-0.3, -0.25) is 19.3 Å². The Hall–Kier alpha value is -4.00. The van der Waals surface area contributed by atoms with Crippen LogP contribution in [0.4, 0.5) is 5.69 Å². The van der Waals surface area contributed by atoms with Crippen LogP contribution in [0, 0.1) is 5.92 Å². The van der Waals surface area contributed by atoms with Gasteiger partial charge in [0.2, 0.25) is 0 Å². The second kappa shape index (κ2) is 10.1. The van der Waals surface area contributed by atoms with Crippen LogP contribution in [0.5, 0.6) is 0 Å². The molecule has 1 N–H and O–H groups in total. The number of carbonyl (C=O) groups is 2. The van der Waals surface area contributed by atoms with Crippen LogP contribution in [0.3, 0.4) is 0 Å². The topological polar surface area (TPSA) is 80.1 Å². The lowest BCUT2D eigenvalue weighted by Crippen LogP contribution is -2.33. The van der Waals surface area contributed by atoms with Gasteiger partial charge in [0.05, 0.1) is 16.8 Å². The van der Waals surface area contributed by atoms with Gasteiger partial charge < -0.3 is 10.2 Å². The number of pyridine rings is 1. The number of benzene rings is 2. The van der Waals surface area contributed by atoms with Crippen molar-refractivity contribution >= 4 is 28.4 Å². The molecule has 35 heavy (non-hydrogen) atoms. The van der Waals surface area contributed by atoms with E-state index < -0.39 is 0 Å². The highest BCUT2D eigenvalue weighted by atomic mass is 16.2. The number of nitrogens with one attached hydrogen (secondary N) is 1. The minimum Gasteiger partial charge on any atom is -0.339 e. The number of hydrogen-bond donors (Lipinski definition) is 1. The molecule has 0 radical (unpaired) electrons. The lowest BCUT2D eigenvalue weighted by atomic mass is 9.93. The van der Waals surface area contributed by atoms with E-state index in [0.29, 0.717) is 36.0 Å². The number of fused-ring (bicyclic) bond motifs is 1. The lowest BCUT2D eigenvalue weighted by Gasteiger charge is -2.22. The maximum absolute atomic E-state index is 13.5. The highest BCUT2D eigenvalue weighted by Crippen LogP contribution is 2.25. The molecule has 2 amide bonds. The summed E-state index contributed by atoms with van der Waals surface area (Å²) in [6.45, 7) is 1.42. The van der Waals surface area contributed by atoms with Crippen molar-refractivity contribution in [2.45, 2.75) is 25.7 Å². The van der Waals surface area contributed by atoms with Gasteiger partial charge in [0.25, 0.3) is 11.8 Å². The van der Waals surface area contributed by atoms with Crippen molar-refractivity contribution in [2.24, 2.45) is 13.0 Å². The predicted octanol–water partition coefficient (Wildman–Crippen LogP) is 4.71. The molecule has 2 aromatic carbocycles. The maximum Gasteiger partial charge on any atom is 0.276 e. The van der Waals surface area contributed by atoms with E-state index >= 15 is 0 Å². The zero-order valence-corrected chi connectivity index (χ0v) is 19.9. The highest BCUT2D eigenvalue weighted by molar-refractivity contribution is 6.08. The molecular formula is C28H29N5O2. The zero-order chi connectivity index (χ0) is 24.2. The zero-order valence-electron chi connectivity index (χ0n) is 19.9. The van der Waals surface area contributed by atoms with Gasteiger partial charge in [0.1, 0.15) is 0 Å². The van der Waals surface area contributed by atoms with Crippen LogP contribution in [-0.4, -0.2) is 44.6 Å². The van der Waals surface area contributed by atoms with Crippen LogP contribution in [0.2, 0.25) is 0 Å².